The molecule has 134 valence electrons. The molecule has 4 atom stereocenters. The van der Waals surface area contributed by atoms with Crippen molar-refractivity contribution in [1.29, 1.82) is 0 Å². The molecule has 0 heterocycles. The van der Waals surface area contributed by atoms with Gasteiger partial charge in [-0.3, -0.25) is 4.79 Å². The first-order valence-corrected chi connectivity index (χ1v) is 9.68. The number of hydrogen-bond donors (Lipinski definition) is 0. The highest BCUT2D eigenvalue weighted by Gasteiger charge is 2.54. The lowest BCUT2D eigenvalue weighted by atomic mass is 9.46. The number of ether oxygens (including phenoxy) is 1. The zero-order valence-electron chi connectivity index (χ0n) is 16.0. The van der Waals surface area contributed by atoms with Gasteiger partial charge in [-0.25, -0.2) is 0 Å². The Bertz CT molecular complexity index is 558. The van der Waals surface area contributed by atoms with Crippen molar-refractivity contribution in [1.82, 2.24) is 0 Å². The Morgan fingerprint density at radius 1 is 1.33 bits per heavy atom. The van der Waals surface area contributed by atoms with E-state index in [0.29, 0.717) is 23.4 Å². The molecule has 4 unspecified atom stereocenters. The molecule has 3 rings (SSSR count). The van der Waals surface area contributed by atoms with Crippen LogP contribution in [0.2, 0.25) is 0 Å². The molecule has 0 radical (unpaired) electrons. The van der Waals surface area contributed by atoms with Crippen LogP contribution in [0.5, 0.6) is 0 Å². The first-order valence-electron chi connectivity index (χ1n) is 9.68. The topological polar surface area (TPSA) is 26.3 Å². The molecule has 0 aromatic heterocycles. The van der Waals surface area contributed by atoms with Crippen LogP contribution in [0.15, 0.2) is 24.3 Å². The van der Waals surface area contributed by atoms with Crippen LogP contribution in [0.1, 0.15) is 72.6 Å². The predicted octanol–water partition coefficient (Wildman–Crippen LogP) is 5.68. The lowest BCUT2D eigenvalue weighted by Gasteiger charge is -2.59. The number of allylic oxidation sites excluding steroid dienone is 2. The third kappa shape index (κ3) is 2.86. The molecule has 3 aliphatic rings. The van der Waals surface area contributed by atoms with Crippen LogP contribution in [-0.2, 0) is 9.53 Å². The van der Waals surface area contributed by atoms with Crippen molar-refractivity contribution in [3.05, 3.63) is 24.3 Å². The van der Waals surface area contributed by atoms with Crippen molar-refractivity contribution in [2.75, 3.05) is 6.61 Å². The zero-order chi connectivity index (χ0) is 17.6. The average molecular weight is 331 g/mol. The molecule has 2 fully saturated rings. The maximum Gasteiger partial charge on any atom is 0.302 e. The third-order valence-electron chi connectivity index (χ3n) is 7.62. The Morgan fingerprint density at radius 2 is 2.08 bits per heavy atom. The fourth-order valence-corrected chi connectivity index (χ4v) is 6.25. The van der Waals surface area contributed by atoms with Gasteiger partial charge in [-0.2, -0.15) is 0 Å². The van der Waals surface area contributed by atoms with Gasteiger partial charge in [-0.1, -0.05) is 44.9 Å². The van der Waals surface area contributed by atoms with Crippen molar-refractivity contribution in [2.45, 2.75) is 72.6 Å². The van der Waals surface area contributed by atoms with Crippen LogP contribution in [-0.4, -0.2) is 12.6 Å². The first-order chi connectivity index (χ1) is 11.2. The summed E-state index contributed by atoms with van der Waals surface area (Å²) in [5.74, 6) is 1.33. The molecule has 2 heteroatoms. The molecule has 3 aliphatic carbocycles. The molecule has 0 spiro atoms. The van der Waals surface area contributed by atoms with Crippen molar-refractivity contribution in [2.24, 2.45) is 28.1 Å². The van der Waals surface area contributed by atoms with E-state index in [1.165, 1.54) is 39.0 Å². The Kier molecular flexibility index (Phi) is 4.47. The number of carbonyl (C=O) groups excluding carboxylic acids is 1. The molecule has 0 N–H and O–H groups in total. The van der Waals surface area contributed by atoms with Crippen LogP contribution >= 0.6 is 0 Å². The Morgan fingerprint density at radius 3 is 2.75 bits per heavy atom. The highest BCUT2D eigenvalue weighted by molar-refractivity contribution is 5.66. The molecule has 0 aromatic rings. The van der Waals surface area contributed by atoms with E-state index in [2.05, 4.69) is 33.4 Å². The van der Waals surface area contributed by atoms with Gasteiger partial charge in [0.1, 0.15) is 6.61 Å². The maximum absolute atomic E-state index is 11.3. The summed E-state index contributed by atoms with van der Waals surface area (Å²) in [5.41, 5.74) is 2.46. The molecule has 2 saturated carbocycles. The third-order valence-corrected chi connectivity index (χ3v) is 7.62. The Balaban J connectivity index is 1.85. The first kappa shape index (κ1) is 17.8. The molecule has 0 bridgehead atoms. The van der Waals surface area contributed by atoms with Crippen LogP contribution < -0.4 is 0 Å². The summed E-state index contributed by atoms with van der Waals surface area (Å²) in [6, 6.07) is 0. The Hall–Kier alpha value is -1.05. The van der Waals surface area contributed by atoms with Gasteiger partial charge >= 0.3 is 5.97 Å². The van der Waals surface area contributed by atoms with Crippen molar-refractivity contribution in [3.63, 3.8) is 0 Å². The van der Waals surface area contributed by atoms with Crippen LogP contribution in [0.3, 0.4) is 0 Å². The fraction of sp³-hybridized carbons (Fsp3) is 0.773. The van der Waals surface area contributed by atoms with Gasteiger partial charge in [-0.15, -0.1) is 6.58 Å². The Labute approximate surface area is 147 Å². The maximum atomic E-state index is 11.3. The monoisotopic (exact) mass is 330 g/mol. The van der Waals surface area contributed by atoms with E-state index in [4.69, 9.17) is 4.74 Å². The molecule has 24 heavy (non-hydrogen) atoms. The molecule has 0 aliphatic heterocycles. The molecular weight excluding hydrogens is 296 g/mol. The van der Waals surface area contributed by atoms with E-state index in [1.807, 2.05) is 6.08 Å². The molecule has 0 amide bonds. The standard InChI is InChI=1S/C22H34O2/c1-6-22(15-24-16(2)23)13-10-18-17(14-22)8-9-19-20(3,4)11-7-12-21(18,19)5/h6,8,18-19H,1,7,9-15H2,2-5H3. The number of carbonyl (C=O) groups is 1. The summed E-state index contributed by atoms with van der Waals surface area (Å²) in [6.45, 7) is 13.6. The normalized spacial score (nSPS) is 40.8. The van der Waals surface area contributed by atoms with E-state index in [1.54, 1.807) is 5.57 Å². The van der Waals surface area contributed by atoms with Gasteiger partial charge < -0.3 is 4.74 Å². The molecule has 0 saturated heterocycles. The summed E-state index contributed by atoms with van der Waals surface area (Å²) in [5, 5.41) is 0. The van der Waals surface area contributed by atoms with Gasteiger partial charge in [0, 0.05) is 12.3 Å². The SMILES string of the molecule is C=CC1(COC(C)=O)CCC2C(=CCC3C(C)(C)CCCC23C)C1. The highest BCUT2D eigenvalue weighted by Crippen LogP contribution is 2.63. The summed E-state index contributed by atoms with van der Waals surface area (Å²) in [6.07, 6.45) is 13.2. The van der Waals surface area contributed by atoms with Crippen LogP contribution in [0.25, 0.3) is 0 Å². The molecule has 0 aromatic carbocycles. The largest absolute Gasteiger partial charge is 0.465 e. The summed E-state index contributed by atoms with van der Waals surface area (Å²) in [7, 11) is 0. The van der Waals surface area contributed by atoms with Gasteiger partial charge in [0.05, 0.1) is 0 Å². The number of rotatable bonds is 3. The minimum atomic E-state index is -0.183. The van der Waals surface area contributed by atoms with Crippen molar-refractivity contribution in [3.8, 4) is 0 Å². The van der Waals surface area contributed by atoms with Crippen molar-refractivity contribution < 1.29 is 9.53 Å². The van der Waals surface area contributed by atoms with Crippen molar-refractivity contribution >= 4 is 5.97 Å². The molecule has 2 nitrogen and oxygen atoms in total. The second kappa shape index (κ2) is 6.04. The van der Waals surface area contributed by atoms with E-state index in [0.717, 1.165) is 18.8 Å². The lowest BCUT2D eigenvalue weighted by molar-refractivity contribution is -0.144. The number of fused-ring (bicyclic) bond motifs is 3. The predicted molar refractivity (Wildman–Crippen MR) is 98.5 cm³/mol. The van der Waals surface area contributed by atoms with Crippen LogP contribution in [0, 0.1) is 28.1 Å². The lowest BCUT2D eigenvalue weighted by Crippen LogP contribution is -2.50. The number of esters is 1. The summed E-state index contributed by atoms with van der Waals surface area (Å²) < 4.78 is 5.38. The zero-order valence-corrected chi connectivity index (χ0v) is 16.0. The van der Waals surface area contributed by atoms with Crippen LogP contribution in [0.4, 0.5) is 0 Å². The quantitative estimate of drug-likeness (QED) is 0.491. The molecular formula is C22H34O2. The second-order valence-electron chi connectivity index (χ2n) is 9.53. The second-order valence-corrected chi connectivity index (χ2v) is 9.53. The fourth-order valence-electron chi connectivity index (χ4n) is 6.25. The summed E-state index contributed by atoms with van der Waals surface area (Å²) in [4.78, 5) is 11.3. The van der Waals surface area contributed by atoms with Gasteiger partial charge in [0.2, 0.25) is 0 Å². The van der Waals surface area contributed by atoms with E-state index in [9.17, 15) is 4.79 Å². The number of hydrogen-bond acceptors (Lipinski definition) is 2. The smallest absolute Gasteiger partial charge is 0.302 e. The van der Waals surface area contributed by atoms with Gasteiger partial charge in [-0.05, 0) is 61.2 Å². The van der Waals surface area contributed by atoms with E-state index in [-0.39, 0.29) is 11.4 Å². The minimum absolute atomic E-state index is 0.0542. The summed E-state index contributed by atoms with van der Waals surface area (Å²) >= 11 is 0. The van der Waals surface area contributed by atoms with E-state index < -0.39 is 0 Å². The highest BCUT2D eigenvalue weighted by atomic mass is 16.5. The van der Waals surface area contributed by atoms with Gasteiger partial charge in [0.15, 0.2) is 0 Å². The van der Waals surface area contributed by atoms with E-state index >= 15 is 0 Å². The average Bonchev–Trinajstić information content (AvgIpc) is 2.52. The van der Waals surface area contributed by atoms with Gasteiger partial charge in [0.25, 0.3) is 0 Å². The minimum Gasteiger partial charge on any atom is -0.465 e.